The SMILES string of the molecule is NC(c1c(F)cc(Br)cc1F)C1CCOC2(CCC2)C1. The van der Waals surface area contributed by atoms with Crippen molar-refractivity contribution in [3.63, 3.8) is 0 Å². The van der Waals surface area contributed by atoms with Crippen molar-refractivity contribution in [1.82, 2.24) is 0 Å². The smallest absolute Gasteiger partial charge is 0.132 e. The van der Waals surface area contributed by atoms with Crippen LogP contribution in [0.4, 0.5) is 8.78 Å². The molecule has 3 rings (SSSR count). The molecule has 0 bridgehead atoms. The molecule has 2 unspecified atom stereocenters. The van der Waals surface area contributed by atoms with E-state index in [0.29, 0.717) is 11.1 Å². The molecule has 1 aromatic rings. The Morgan fingerprint density at radius 3 is 2.50 bits per heavy atom. The maximum Gasteiger partial charge on any atom is 0.132 e. The summed E-state index contributed by atoms with van der Waals surface area (Å²) < 4.78 is 34.3. The number of benzene rings is 1. The van der Waals surface area contributed by atoms with Gasteiger partial charge in [0.05, 0.1) is 5.60 Å². The standard InChI is InChI=1S/C15H18BrF2NO/c16-10-6-11(17)13(12(18)7-10)14(19)9-2-5-20-15(8-9)3-1-4-15/h6-7,9,14H,1-5,8,19H2. The highest BCUT2D eigenvalue weighted by Gasteiger charge is 2.44. The van der Waals surface area contributed by atoms with Gasteiger partial charge in [0, 0.05) is 22.7 Å². The van der Waals surface area contributed by atoms with Gasteiger partial charge in [0.1, 0.15) is 11.6 Å². The van der Waals surface area contributed by atoms with E-state index in [0.717, 1.165) is 25.7 Å². The Hall–Kier alpha value is -0.520. The molecular weight excluding hydrogens is 328 g/mol. The Labute approximate surface area is 125 Å². The zero-order chi connectivity index (χ0) is 14.3. The number of hydrogen-bond acceptors (Lipinski definition) is 2. The predicted molar refractivity (Wildman–Crippen MR) is 76.2 cm³/mol. The molecule has 1 heterocycles. The summed E-state index contributed by atoms with van der Waals surface area (Å²) in [5, 5.41) is 0. The van der Waals surface area contributed by atoms with Crippen molar-refractivity contribution >= 4 is 15.9 Å². The molecule has 0 aromatic heterocycles. The van der Waals surface area contributed by atoms with Crippen molar-refractivity contribution in [3.8, 4) is 0 Å². The fourth-order valence-corrected chi connectivity index (χ4v) is 3.80. The zero-order valence-electron chi connectivity index (χ0n) is 11.2. The molecule has 0 amide bonds. The molecule has 2 fully saturated rings. The third-order valence-corrected chi connectivity index (χ3v) is 5.14. The summed E-state index contributed by atoms with van der Waals surface area (Å²) >= 11 is 3.09. The molecule has 1 aliphatic heterocycles. The highest BCUT2D eigenvalue weighted by molar-refractivity contribution is 9.10. The van der Waals surface area contributed by atoms with Crippen molar-refractivity contribution in [2.24, 2.45) is 11.7 Å². The third-order valence-electron chi connectivity index (χ3n) is 4.68. The first-order chi connectivity index (χ1) is 9.51. The van der Waals surface area contributed by atoms with Gasteiger partial charge in [-0.1, -0.05) is 15.9 Å². The second-order valence-electron chi connectivity index (χ2n) is 5.95. The lowest BCUT2D eigenvalue weighted by atomic mass is 9.70. The van der Waals surface area contributed by atoms with Crippen LogP contribution in [0, 0.1) is 17.6 Å². The van der Waals surface area contributed by atoms with Crippen LogP contribution >= 0.6 is 15.9 Å². The average molecular weight is 346 g/mol. The van der Waals surface area contributed by atoms with E-state index in [1.54, 1.807) is 0 Å². The Kier molecular flexibility index (Phi) is 3.86. The van der Waals surface area contributed by atoms with E-state index in [1.807, 2.05) is 0 Å². The van der Waals surface area contributed by atoms with Gasteiger partial charge in [0.2, 0.25) is 0 Å². The molecular formula is C15H18BrF2NO. The maximum atomic E-state index is 14.0. The molecule has 1 saturated heterocycles. The van der Waals surface area contributed by atoms with Crippen LogP contribution in [0.15, 0.2) is 16.6 Å². The lowest BCUT2D eigenvalue weighted by Gasteiger charge is -2.48. The van der Waals surface area contributed by atoms with Crippen LogP contribution in [-0.4, -0.2) is 12.2 Å². The molecule has 1 aromatic carbocycles. The van der Waals surface area contributed by atoms with E-state index in [2.05, 4.69) is 15.9 Å². The van der Waals surface area contributed by atoms with Gasteiger partial charge in [-0.15, -0.1) is 0 Å². The van der Waals surface area contributed by atoms with Gasteiger partial charge in [0.25, 0.3) is 0 Å². The number of hydrogen-bond donors (Lipinski definition) is 1. The molecule has 110 valence electrons. The summed E-state index contributed by atoms with van der Waals surface area (Å²) in [6, 6.07) is 1.94. The minimum Gasteiger partial charge on any atom is -0.375 e. The van der Waals surface area contributed by atoms with Crippen LogP contribution in [0.3, 0.4) is 0 Å². The minimum atomic E-state index is -0.607. The monoisotopic (exact) mass is 345 g/mol. The lowest BCUT2D eigenvalue weighted by molar-refractivity contribution is -0.146. The first-order valence-corrected chi connectivity index (χ1v) is 7.84. The van der Waals surface area contributed by atoms with Crippen molar-refractivity contribution in [2.75, 3.05) is 6.61 Å². The number of rotatable bonds is 2. The topological polar surface area (TPSA) is 35.2 Å². The predicted octanol–water partition coefficient (Wildman–Crippen LogP) is 4.08. The van der Waals surface area contributed by atoms with Gasteiger partial charge in [-0.3, -0.25) is 0 Å². The zero-order valence-corrected chi connectivity index (χ0v) is 12.8. The summed E-state index contributed by atoms with van der Waals surface area (Å²) in [7, 11) is 0. The normalized spacial score (nSPS) is 26.3. The van der Waals surface area contributed by atoms with Crippen molar-refractivity contribution < 1.29 is 13.5 Å². The van der Waals surface area contributed by atoms with E-state index < -0.39 is 17.7 Å². The molecule has 20 heavy (non-hydrogen) atoms. The minimum absolute atomic E-state index is 0.00886. The second-order valence-corrected chi connectivity index (χ2v) is 6.86. The fourth-order valence-electron chi connectivity index (χ4n) is 3.40. The van der Waals surface area contributed by atoms with Gasteiger partial charge < -0.3 is 10.5 Å². The number of halogens is 3. The van der Waals surface area contributed by atoms with Gasteiger partial charge >= 0.3 is 0 Å². The molecule has 5 heteroatoms. The molecule has 1 saturated carbocycles. The van der Waals surface area contributed by atoms with Crippen LogP contribution in [0.1, 0.15) is 43.7 Å². The lowest BCUT2D eigenvalue weighted by Crippen LogP contribution is -2.47. The highest BCUT2D eigenvalue weighted by Crippen LogP contribution is 2.47. The third kappa shape index (κ3) is 2.51. The summed E-state index contributed by atoms with van der Waals surface area (Å²) in [4.78, 5) is 0. The summed E-state index contributed by atoms with van der Waals surface area (Å²) in [5.41, 5.74) is 6.11. The quantitative estimate of drug-likeness (QED) is 0.876. The van der Waals surface area contributed by atoms with Crippen LogP contribution in [0.25, 0.3) is 0 Å². The summed E-state index contributed by atoms with van der Waals surface area (Å²) in [6.45, 7) is 0.637. The number of nitrogens with two attached hydrogens (primary N) is 1. The Bertz CT molecular complexity index is 496. The molecule has 2 aliphatic rings. The second kappa shape index (κ2) is 5.35. The first-order valence-electron chi connectivity index (χ1n) is 7.05. The van der Waals surface area contributed by atoms with E-state index in [4.69, 9.17) is 10.5 Å². The largest absolute Gasteiger partial charge is 0.375 e. The first kappa shape index (κ1) is 14.4. The fraction of sp³-hybridized carbons (Fsp3) is 0.600. The molecule has 0 radical (unpaired) electrons. The van der Waals surface area contributed by atoms with E-state index in [9.17, 15) is 8.78 Å². The molecule has 2 N–H and O–H groups in total. The maximum absolute atomic E-state index is 14.0. The molecule has 1 aliphatic carbocycles. The Balaban J connectivity index is 1.83. The van der Waals surface area contributed by atoms with Crippen LogP contribution in [0.5, 0.6) is 0 Å². The Morgan fingerprint density at radius 1 is 1.30 bits per heavy atom. The number of ether oxygens (including phenoxy) is 1. The van der Waals surface area contributed by atoms with E-state index in [1.165, 1.54) is 18.6 Å². The summed E-state index contributed by atoms with van der Waals surface area (Å²) in [6.07, 6.45) is 4.83. The van der Waals surface area contributed by atoms with Crippen molar-refractivity contribution in [3.05, 3.63) is 33.8 Å². The highest BCUT2D eigenvalue weighted by atomic mass is 79.9. The Morgan fingerprint density at radius 2 is 1.95 bits per heavy atom. The van der Waals surface area contributed by atoms with Gasteiger partial charge in [0.15, 0.2) is 0 Å². The molecule has 2 nitrogen and oxygen atoms in total. The van der Waals surface area contributed by atoms with E-state index >= 15 is 0 Å². The summed E-state index contributed by atoms with van der Waals surface area (Å²) in [5.74, 6) is -1.06. The molecule has 2 atom stereocenters. The average Bonchev–Trinajstić information content (AvgIpc) is 2.35. The van der Waals surface area contributed by atoms with Gasteiger partial charge in [-0.25, -0.2) is 8.78 Å². The van der Waals surface area contributed by atoms with Crippen LogP contribution < -0.4 is 5.73 Å². The van der Waals surface area contributed by atoms with Crippen molar-refractivity contribution in [2.45, 2.75) is 43.7 Å². The van der Waals surface area contributed by atoms with Crippen LogP contribution in [-0.2, 0) is 4.74 Å². The van der Waals surface area contributed by atoms with Crippen molar-refractivity contribution in [1.29, 1.82) is 0 Å². The molecule has 1 spiro atoms. The van der Waals surface area contributed by atoms with Crippen LogP contribution in [0.2, 0.25) is 0 Å². The van der Waals surface area contributed by atoms with Gasteiger partial charge in [-0.05, 0) is 50.2 Å². The van der Waals surface area contributed by atoms with E-state index in [-0.39, 0.29) is 17.1 Å². The van der Waals surface area contributed by atoms with Gasteiger partial charge in [-0.2, -0.15) is 0 Å².